The summed E-state index contributed by atoms with van der Waals surface area (Å²) in [5.74, 6) is 2.04. The molecule has 0 aliphatic heterocycles. The molecule has 0 amide bonds. The summed E-state index contributed by atoms with van der Waals surface area (Å²) in [6.45, 7) is 6.53. The van der Waals surface area contributed by atoms with Gasteiger partial charge in [0.1, 0.15) is 5.82 Å². The Kier molecular flexibility index (Phi) is 6.97. The first-order chi connectivity index (χ1) is 19.4. The molecule has 41 heavy (non-hydrogen) atoms. The second kappa shape index (κ2) is 10.6. The molecule has 202 valence electrons. The number of aromatic nitrogens is 3. The molecule has 0 aliphatic rings. The zero-order valence-corrected chi connectivity index (χ0v) is 25.2. The van der Waals surface area contributed by atoms with E-state index in [0.717, 1.165) is 44.1 Å². The minimum absolute atomic E-state index is 0. The molecule has 0 fully saturated rings. The van der Waals surface area contributed by atoms with Crippen molar-refractivity contribution in [2.24, 2.45) is 0 Å². The Morgan fingerprint density at radius 1 is 0.707 bits per heavy atom. The zero-order valence-electron chi connectivity index (χ0n) is 23.0. The number of benzene rings is 4. The van der Waals surface area contributed by atoms with Crippen LogP contribution in [0.1, 0.15) is 26.3 Å². The molecule has 0 N–H and O–H groups in total. The van der Waals surface area contributed by atoms with Gasteiger partial charge in [-0.1, -0.05) is 68.6 Å². The molecule has 0 radical (unpaired) electrons. The largest absolute Gasteiger partial charge is 2.00 e. The molecule has 3 aromatic heterocycles. The standard InChI is InChI=1S/C36H27N3O.Pt/c1-36(2,3)28-17-18-37-35(22-28)40-29-12-8-11-24(19-29)26-15-16-31-30-13-6-7-14-32(30)39(33(31)20-26)34-21-25-9-4-5-10-27(25)23-38-34;/h4-18,21-23H,1-3H3;/q-2;+2. The molecule has 4 nitrogen and oxygen atoms in total. The first kappa shape index (κ1) is 26.9. The second-order valence-electron chi connectivity index (χ2n) is 11.0. The molecule has 0 atom stereocenters. The van der Waals surface area contributed by atoms with Crippen molar-refractivity contribution < 1.29 is 25.8 Å². The van der Waals surface area contributed by atoms with Gasteiger partial charge in [0.25, 0.3) is 0 Å². The van der Waals surface area contributed by atoms with Gasteiger partial charge in [-0.15, -0.1) is 18.2 Å². The monoisotopic (exact) mass is 712 g/mol. The topological polar surface area (TPSA) is 39.9 Å². The van der Waals surface area contributed by atoms with Crippen molar-refractivity contribution in [3.05, 3.63) is 127 Å². The molecule has 5 heteroatoms. The molecular weight excluding hydrogens is 685 g/mol. The van der Waals surface area contributed by atoms with Gasteiger partial charge in [-0.2, -0.15) is 24.3 Å². The van der Waals surface area contributed by atoms with Crippen LogP contribution in [0, 0.1) is 12.1 Å². The molecule has 4 aromatic carbocycles. The quantitative estimate of drug-likeness (QED) is 0.171. The number of ether oxygens (including phenoxy) is 1. The summed E-state index contributed by atoms with van der Waals surface area (Å²) in [7, 11) is 0. The first-order valence-corrected chi connectivity index (χ1v) is 13.4. The SMILES string of the molecule is CC(C)(C)c1ccnc(Oc2[c-]c(-c3[c-]c4c(cc3)c3ccccc3n4-c3cc4ccccc4cn3)ccc2)c1.[Pt+2]. The molecule has 0 saturated carbocycles. The van der Waals surface area contributed by atoms with Crippen molar-refractivity contribution in [1.82, 2.24) is 14.5 Å². The second-order valence-corrected chi connectivity index (χ2v) is 11.0. The molecule has 0 bridgehead atoms. The van der Waals surface area contributed by atoms with E-state index in [1.807, 2.05) is 42.6 Å². The number of rotatable bonds is 4. The van der Waals surface area contributed by atoms with E-state index in [2.05, 4.69) is 103 Å². The van der Waals surface area contributed by atoms with Gasteiger partial charge >= 0.3 is 21.1 Å². The van der Waals surface area contributed by atoms with Gasteiger partial charge in [-0.3, -0.25) is 0 Å². The van der Waals surface area contributed by atoms with E-state index in [1.54, 1.807) is 6.20 Å². The Labute approximate surface area is 253 Å². The van der Waals surface area contributed by atoms with E-state index in [9.17, 15) is 0 Å². The summed E-state index contributed by atoms with van der Waals surface area (Å²) in [5, 5.41) is 4.56. The van der Waals surface area contributed by atoms with Gasteiger partial charge in [0.15, 0.2) is 0 Å². The summed E-state index contributed by atoms with van der Waals surface area (Å²) in [6, 6.07) is 40.2. The molecule has 7 aromatic rings. The van der Waals surface area contributed by atoms with E-state index in [4.69, 9.17) is 9.72 Å². The molecular formula is C36H27N3OPt. The Bertz CT molecular complexity index is 2040. The molecule has 0 saturated heterocycles. The summed E-state index contributed by atoms with van der Waals surface area (Å²) in [4.78, 5) is 9.27. The number of hydrogen-bond acceptors (Lipinski definition) is 3. The number of pyridine rings is 2. The van der Waals surface area contributed by atoms with Crippen molar-refractivity contribution in [2.45, 2.75) is 26.2 Å². The first-order valence-electron chi connectivity index (χ1n) is 13.4. The van der Waals surface area contributed by atoms with E-state index < -0.39 is 0 Å². The van der Waals surface area contributed by atoms with Crippen LogP contribution < -0.4 is 4.74 Å². The fourth-order valence-corrected chi connectivity index (χ4v) is 5.19. The van der Waals surface area contributed by atoms with Crippen LogP contribution in [-0.2, 0) is 26.5 Å². The smallest absolute Gasteiger partial charge is 0.460 e. The normalized spacial score (nSPS) is 11.6. The maximum Gasteiger partial charge on any atom is 2.00 e. The maximum absolute atomic E-state index is 6.15. The van der Waals surface area contributed by atoms with Gasteiger partial charge in [0, 0.05) is 35.1 Å². The number of nitrogens with zero attached hydrogens (tertiary/aromatic N) is 3. The van der Waals surface area contributed by atoms with E-state index in [1.165, 1.54) is 10.9 Å². The van der Waals surface area contributed by atoms with Crippen molar-refractivity contribution >= 4 is 32.6 Å². The van der Waals surface area contributed by atoms with Gasteiger partial charge in [-0.25, -0.2) is 21.1 Å². The molecule has 0 unspecified atom stereocenters. The van der Waals surface area contributed by atoms with E-state index in [0.29, 0.717) is 11.6 Å². The van der Waals surface area contributed by atoms with Crippen LogP contribution in [0.5, 0.6) is 11.6 Å². The predicted molar refractivity (Wildman–Crippen MR) is 162 cm³/mol. The summed E-state index contributed by atoms with van der Waals surface area (Å²) in [5.41, 5.74) is 5.08. The summed E-state index contributed by atoms with van der Waals surface area (Å²) < 4.78 is 8.35. The van der Waals surface area contributed by atoms with Crippen LogP contribution in [-0.4, -0.2) is 14.5 Å². The van der Waals surface area contributed by atoms with Crippen LogP contribution >= 0.6 is 0 Å². The predicted octanol–water partition coefficient (Wildman–Crippen LogP) is 9.08. The average molecular weight is 713 g/mol. The minimum atomic E-state index is 0. The molecule has 0 spiro atoms. The third-order valence-electron chi connectivity index (χ3n) is 7.30. The van der Waals surface area contributed by atoms with Crippen LogP contribution in [0.25, 0.3) is 49.5 Å². The van der Waals surface area contributed by atoms with Crippen LogP contribution in [0.15, 0.2) is 109 Å². The van der Waals surface area contributed by atoms with E-state index in [-0.39, 0.29) is 26.5 Å². The minimum Gasteiger partial charge on any atom is -0.460 e. The van der Waals surface area contributed by atoms with Crippen molar-refractivity contribution in [3.8, 4) is 28.6 Å². The Hall–Kier alpha value is -4.27. The molecule has 3 heterocycles. The third-order valence-corrected chi connectivity index (χ3v) is 7.30. The van der Waals surface area contributed by atoms with Crippen LogP contribution in [0.4, 0.5) is 0 Å². The van der Waals surface area contributed by atoms with Crippen molar-refractivity contribution in [2.75, 3.05) is 0 Å². The Morgan fingerprint density at radius 2 is 1.49 bits per heavy atom. The third kappa shape index (κ3) is 5.05. The maximum atomic E-state index is 6.15. The Morgan fingerprint density at radius 3 is 2.34 bits per heavy atom. The number of para-hydroxylation sites is 1. The average Bonchev–Trinajstić information content (AvgIpc) is 3.30. The zero-order chi connectivity index (χ0) is 27.3. The van der Waals surface area contributed by atoms with Gasteiger partial charge in [-0.05, 0) is 45.5 Å². The summed E-state index contributed by atoms with van der Waals surface area (Å²) in [6.07, 6.45) is 3.73. The van der Waals surface area contributed by atoms with Gasteiger partial charge in [0.05, 0.1) is 0 Å². The molecule has 0 aliphatic carbocycles. The van der Waals surface area contributed by atoms with Crippen LogP contribution in [0.2, 0.25) is 0 Å². The van der Waals surface area contributed by atoms with Gasteiger partial charge in [0.2, 0.25) is 5.88 Å². The van der Waals surface area contributed by atoms with Crippen LogP contribution in [0.3, 0.4) is 0 Å². The summed E-state index contributed by atoms with van der Waals surface area (Å²) >= 11 is 0. The number of fused-ring (bicyclic) bond motifs is 4. The fourth-order valence-electron chi connectivity index (χ4n) is 5.19. The number of hydrogen-bond donors (Lipinski definition) is 0. The Balaban J connectivity index is 0.00000302. The van der Waals surface area contributed by atoms with Crippen molar-refractivity contribution in [3.63, 3.8) is 0 Å². The van der Waals surface area contributed by atoms with Crippen molar-refractivity contribution in [1.29, 1.82) is 0 Å². The van der Waals surface area contributed by atoms with E-state index >= 15 is 0 Å². The molecule has 7 rings (SSSR count). The fraction of sp³-hybridized carbons (Fsp3) is 0.111. The van der Waals surface area contributed by atoms with Gasteiger partial charge < -0.3 is 9.30 Å².